The molecule has 3 heterocycles. The van der Waals surface area contributed by atoms with Crippen LogP contribution in [0.15, 0.2) is 67.0 Å². The summed E-state index contributed by atoms with van der Waals surface area (Å²) in [6.07, 6.45) is 5.06. The number of aliphatic hydroxyl groups excluding tert-OH is 1. The lowest BCUT2D eigenvalue weighted by molar-refractivity contribution is -0.148. The number of hydrogen-bond donors (Lipinski definition) is 1. The van der Waals surface area contributed by atoms with Gasteiger partial charge in [-0.2, -0.15) is 21.6 Å². The predicted octanol–water partition coefficient (Wildman–Crippen LogP) is 1.85. The minimum Gasteiger partial charge on any atom is -0.365 e. The largest absolute Gasteiger partial charge is 0.517 e. The van der Waals surface area contributed by atoms with E-state index in [0.29, 0.717) is 12.4 Å². The molecular formula is C19H17F3N2O5S. The number of aliphatic hydroxyl groups is 1. The number of halogens is 3. The van der Waals surface area contributed by atoms with E-state index in [1.165, 1.54) is 17.1 Å². The van der Waals surface area contributed by atoms with Crippen molar-refractivity contribution in [1.29, 1.82) is 0 Å². The normalized spacial score (nSPS) is 27.7. The smallest absolute Gasteiger partial charge is 0.365 e. The third-order valence-electron chi connectivity index (χ3n) is 5.38. The van der Waals surface area contributed by atoms with Gasteiger partial charge in [0.25, 0.3) is 0 Å². The Morgan fingerprint density at radius 2 is 1.77 bits per heavy atom. The molecule has 160 valence electrons. The quantitative estimate of drug-likeness (QED) is 0.722. The summed E-state index contributed by atoms with van der Waals surface area (Å²) in [5, 5.41) is 9.88. The first-order valence-electron chi connectivity index (χ1n) is 8.88. The van der Waals surface area contributed by atoms with Gasteiger partial charge in [0.15, 0.2) is 6.29 Å². The highest BCUT2D eigenvalue weighted by Gasteiger charge is 2.64. The van der Waals surface area contributed by atoms with E-state index in [1.807, 2.05) is 18.2 Å². The Kier molecular flexibility index (Phi) is 4.60. The molecule has 1 amide bonds. The van der Waals surface area contributed by atoms with E-state index in [9.17, 15) is 31.5 Å². The maximum Gasteiger partial charge on any atom is 0.517 e. The van der Waals surface area contributed by atoms with Gasteiger partial charge in [-0.05, 0) is 29.9 Å². The van der Waals surface area contributed by atoms with E-state index in [2.05, 4.69) is 0 Å². The molecule has 3 aliphatic rings. The number of sulfonamides is 1. The van der Waals surface area contributed by atoms with Crippen LogP contribution in [-0.2, 0) is 26.1 Å². The van der Waals surface area contributed by atoms with E-state index in [1.54, 1.807) is 12.1 Å². The first kappa shape index (κ1) is 20.6. The fraction of sp³-hybridized carbons (Fsp3) is 0.316. The highest BCUT2D eigenvalue weighted by Crippen LogP contribution is 2.51. The summed E-state index contributed by atoms with van der Waals surface area (Å²) in [6, 6.07) is 9.05. The molecular weight excluding hydrogens is 425 g/mol. The second kappa shape index (κ2) is 6.69. The highest BCUT2D eigenvalue weighted by atomic mass is 32.2. The molecule has 2 atom stereocenters. The highest BCUT2D eigenvalue weighted by molar-refractivity contribution is 7.90. The number of amides is 1. The zero-order chi connectivity index (χ0) is 21.8. The Hall–Kier alpha value is -2.63. The fourth-order valence-electron chi connectivity index (χ4n) is 3.91. The van der Waals surface area contributed by atoms with Gasteiger partial charge >= 0.3 is 15.5 Å². The zero-order valence-electron chi connectivity index (χ0n) is 15.4. The summed E-state index contributed by atoms with van der Waals surface area (Å²) >= 11 is 0. The van der Waals surface area contributed by atoms with Gasteiger partial charge in [-0.1, -0.05) is 30.3 Å². The second-order valence-electron chi connectivity index (χ2n) is 7.19. The first-order valence-corrected chi connectivity index (χ1v) is 10.3. The monoisotopic (exact) mass is 442 g/mol. The average Bonchev–Trinajstić information content (AvgIpc) is 3.17. The Bertz CT molecular complexity index is 1040. The van der Waals surface area contributed by atoms with Crippen LogP contribution >= 0.6 is 0 Å². The number of alkyl halides is 3. The molecule has 1 aromatic rings. The number of likely N-dealkylation sites (tertiary alicyclic amines) is 1. The van der Waals surface area contributed by atoms with Crippen LogP contribution in [0.2, 0.25) is 0 Å². The van der Waals surface area contributed by atoms with Crippen LogP contribution in [0.1, 0.15) is 5.56 Å². The zero-order valence-corrected chi connectivity index (χ0v) is 16.2. The summed E-state index contributed by atoms with van der Waals surface area (Å²) in [4.78, 5) is 14.8. The summed E-state index contributed by atoms with van der Waals surface area (Å²) in [7, 11) is -5.64. The van der Waals surface area contributed by atoms with Gasteiger partial charge in [0, 0.05) is 18.9 Å². The molecule has 0 aromatic heterocycles. The summed E-state index contributed by atoms with van der Waals surface area (Å²) in [5.74, 6) is -0.485. The molecule has 1 aromatic carbocycles. The van der Waals surface area contributed by atoms with Gasteiger partial charge in [-0.3, -0.25) is 4.79 Å². The summed E-state index contributed by atoms with van der Waals surface area (Å²) < 4.78 is 67.6. The van der Waals surface area contributed by atoms with Crippen LogP contribution in [-0.4, -0.2) is 52.6 Å². The molecule has 0 saturated carbocycles. The average molecular weight is 442 g/mol. The van der Waals surface area contributed by atoms with Crippen LogP contribution in [0.3, 0.4) is 0 Å². The molecule has 3 aliphatic heterocycles. The third-order valence-corrected chi connectivity index (χ3v) is 6.77. The molecule has 4 rings (SSSR count). The van der Waals surface area contributed by atoms with Crippen molar-refractivity contribution < 1.29 is 36.2 Å². The van der Waals surface area contributed by atoms with Crippen molar-refractivity contribution in [2.45, 2.75) is 23.9 Å². The summed E-state index contributed by atoms with van der Waals surface area (Å²) in [5.41, 5.74) is -7.67. The number of benzene rings is 1. The predicted molar refractivity (Wildman–Crippen MR) is 98.3 cm³/mol. The van der Waals surface area contributed by atoms with Gasteiger partial charge in [-0.15, -0.1) is 0 Å². The van der Waals surface area contributed by atoms with Gasteiger partial charge in [0.2, 0.25) is 5.91 Å². The van der Waals surface area contributed by atoms with Crippen molar-refractivity contribution in [3.05, 3.63) is 72.6 Å². The fourth-order valence-corrected chi connectivity index (χ4v) is 4.59. The molecule has 2 spiro atoms. The number of ether oxygens (including phenoxy) is 1. The van der Waals surface area contributed by atoms with Crippen LogP contribution in [0.4, 0.5) is 13.2 Å². The SMILES string of the molecule is O=C1N(Cc2ccccc2)CC2(C=CC(O)O2)C12C=CN(S(=O)(=O)C(F)(F)F)C=C2. The van der Waals surface area contributed by atoms with E-state index in [-0.39, 0.29) is 17.4 Å². The molecule has 2 unspecified atom stereocenters. The van der Waals surface area contributed by atoms with Crippen LogP contribution in [0.25, 0.3) is 0 Å². The van der Waals surface area contributed by atoms with Crippen molar-refractivity contribution in [3.8, 4) is 0 Å². The molecule has 1 saturated heterocycles. The van der Waals surface area contributed by atoms with Gasteiger partial charge < -0.3 is 14.7 Å². The number of nitrogens with zero attached hydrogens (tertiary/aromatic N) is 2. The maximum atomic E-state index is 13.3. The van der Waals surface area contributed by atoms with E-state index in [0.717, 1.165) is 17.7 Å². The number of hydrogen-bond acceptors (Lipinski definition) is 5. The van der Waals surface area contributed by atoms with E-state index < -0.39 is 38.7 Å². The summed E-state index contributed by atoms with van der Waals surface area (Å²) in [6.45, 7) is 0.234. The standard InChI is InChI=1S/C19H17F3N2O5S/c20-19(21,22)30(27,28)24-10-8-17(9-11-24)16(26)23(12-14-4-2-1-3-5-14)13-18(17)7-6-15(25)29-18/h1-11,15,25H,12-13H2. The van der Waals surface area contributed by atoms with Crippen molar-refractivity contribution in [1.82, 2.24) is 9.21 Å². The maximum absolute atomic E-state index is 13.3. The minimum absolute atomic E-state index is 0.00812. The molecule has 11 heteroatoms. The molecule has 1 fully saturated rings. The number of fused-ring (bicyclic) bond motifs is 1. The molecule has 0 bridgehead atoms. The lowest BCUT2D eigenvalue weighted by atomic mass is 9.73. The van der Waals surface area contributed by atoms with Crippen LogP contribution in [0, 0.1) is 5.41 Å². The van der Waals surface area contributed by atoms with Gasteiger partial charge in [0.1, 0.15) is 11.0 Å². The molecule has 1 N–H and O–H groups in total. The van der Waals surface area contributed by atoms with E-state index in [4.69, 9.17) is 4.74 Å². The minimum atomic E-state index is -5.64. The molecule has 0 radical (unpaired) electrons. The van der Waals surface area contributed by atoms with Crippen LogP contribution in [0.5, 0.6) is 0 Å². The van der Waals surface area contributed by atoms with E-state index >= 15 is 0 Å². The number of carbonyl (C=O) groups excluding carboxylic acids is 1. The second-order valence-corrected chi connectivity index (χ2v) is 9.02. The molecule has 7 nitrogen and oxygen atoms in total. The van der Waals surface area contributed by atoms with Gasteiger partial charge in [0.05, 0.1) is 6.54 Å². The van der Waals surface area contributed by atoms with Crippen molar-refractivity contribution in [2.24, 2.45) is 5.41 Å². The Balaban J connectivity index is 1.71. The molecule has 0 aliphatic carbocycles. The third kappa shape index (κ3) is 2.96. The lowest BCUT2D eigenvalue weighted by Gasteiger charge is -2.37. The van der Waals surface area contributed by atoms with Crippen LogP contribution < -0.4 is 0 Å². The lowest BCUT2D eigenvalue weighted by Crippen LogP contribution is -2.48. The Labute approximate surface area is 170 Å². The first-order chi connectivity index (χ1) is 14.0. The van der Waals surface area contributed by atoms with Crippen molar-refractivity contribution in [3.63, 3.8) is 0 Å². The van der Waals surface area contributed by atoms with Crippen molar-refractivity contribution in [2.75, 3.05) is 6.54 Å². The Morgan fingerprint density at radius 3 is 2.30 bits per heavy atom. The topological polar surface area (TPSA) is 87.2 Å². The number of carbonyl (C=O) groups is 1. The van der Waals surface area contributed by atoms with Gasteiger partial charge in [-0.25, -0.2) is 4.31 Å². The number of rotatable bonds is 3. The Morgan fingerprint density at radius 1 is 1.13 bits per heavy atom. The van der Waals surface area contributed by atoms with Crippen molar-refractivity contribution >= 4 is 15.9 Å². The molecule has 30 heavy (non-hydrogen) atoms.